The fraction of sp³-hybridized carbons (Fsp3) is 0.231. The van der Waals surface area contributed by atoms with E-state index in [9.17, 15) is 9.59 Å². The van der Waals surface area contributed by atoms with Crippen molar-refractivity contribution in [1.29, 1.82) is 0 Å². The first-order valence-electron chi connectivity index (χ1n) is 10.6. The van der Waals surface area contributed by atoms with Gasteiger partial charge in [0.05, 0.1) is 24.4 Å². The predicted molar refractivity (Wildman–Crippen MR) is 125 cm³/mol. The molecule has 0 saturated heterocycles. The van der Waals surface area contributed by atoms with Crippen LogP contribution in [0, 0.1) is 0 Å². The van der Waals surface area contributed by atoms with E-state index in [2.05, 4.69) is 10.6 Å². The van der Waals surface area contributed by atoms with E-state index in [0.717, 1.165) is 5.56 Å². The highest BCUT2D eigenvalue weighted by atomic mass is 16.5. The Bertz CT molecular complexity index is 1050. The second-order valence-corrected chi connectivity index (χ2v) is 7.33. The van der Waals surface area contributed by atoms with E-state index in [1.54, 1.807) is 55.6 Å². The third-order valence-corrected chi connectivity index (χ3v) is 5.06. The normalized spacial score (nSPS) is 12.3. The van der Waals surface area contributed by atoms with E-state index in [4.69, 9.17) is 9.47 Å². The highest BCUT2D eigenvalue weighted by Crippen LogP contribution is 2.22. The van der Waals surface area contributed by atoms with E-state index < -0.39 is 6.10 Å². The van der Waals surface area contributed by atoms with Gasteiger partial charge in [-0.2, -0.15) is 0 Å². The van der Waals surface area contributed by atoms with Crippen molar-refractivity contribution in [3.8, 4) is 11.5 Å². The van der Waals surface area contributed by atoms with Crippen LogP contribution in [0.4, 0.5) is 5.69 Å². The summed E-state index contributed by atoms with van der Waals surface area (Å²) in [6.45, 7) is 3.79. The quantitative estimate of drug-likeness (QED) is 0.500. The molecule has 3 aromatic rings. The summed E-state index contributed by atoms with van der Waals surface area (Å²) in [6, 6.07) is 23.6. The number of hydrogen-bond donors (Lipinski definition) is 2. The van der Waals surface area contributed by atoms with Gasteiger partial charge in [-0.05, 0) is 43.2 Å². The highest BCUT2D eigenvalue weighted by molar-refractivity contribution is 6.04. The summed E-state index contributed by atoms with van der Waals surface area (Å²) >= 11 is 0. The van der Waals surface area contributed by atoms with Crippen LogP contribution >= 0.6 is 0 Å². The molecule has 0 aromatic heterocycles. The van der Waals surface area contributed by atoms with Crippen LogP contribution < -0.4 is 20.1 Å². The molecule has 0 bridgehead atoms. The summed E-state index contributed by atoms with van der Waals surface area (Å²) in [7, 11) is 1.57. The molecule has 0 saturated carbocycles. The third kappa shape index (κ3) is 5.88. The molecule has 0 fully saturated rings. The van der Waals surface area contributed by atoms with Gasteiger partial charge in [0.1, 0.15) is 11.5 Å². The van der Waals surface area contributed by atoms with Crippen LogP contribution in [-0.2, 0) is 4.79 Å². The smallest absolute Gasteiger partial charge is 0.265 e. The Morgan fingerprint density at radius 2 is 1.59 bits per heavy atom. The number of carbonyl (C=O) groups excluding carboxylic acids is 2. The lowest BCUT2D eigenvalue weighted by molar-refractivity contribution is -0.122. The molecule has 3 aromatic carbocycles. The molecule has 0 aliphatic rings. The van der Waals surface area contributed by atoms with Crippen molar-refractivity contribution in [3.05, 3.63) is 90.0 Å². The first-order chi connectivity index (χ1) is 15.5. The number of ether oxygens (including phenoxy) is 2. The second kappa shape index (κ2) is 11.0. The van der Waals surface area contributed by atoms with Crippen LogP contribution in [0.5, 0.6) is 11.5 Å². The van der Waals surface area contributed by atoms with Crippen molar-refractivity contribution in [2.45, 2.75) is 32.4 Å². The van der Waals surface area contributed by atoms with E-state index in [0.29, 0.717) is 29.2 Å². The summed E-state index contributed by atoms with van der Waals surface area (Å²) in [6.07, 6.45) is -0.260. The SMILES string of the molecule is CC[C@@H](Oc1cccc(OC)c1)C(=O)Nc1ccccc1C(=O)N[C@@H](C)c1ccccc1. The van der Waals surface area contributed by atoms with E-state index in [-0.39, 0.29) is 17.9 Å². The number of amides is 2. The molecule has 0 aliphatic carbocycles. The monoisotopic (exact) mass is 432 g/mol. The van der Waals surface area contributed by atoms with Crippen molar-refractivity contribution < 1.29 is 19.1 Å². The summed E-state index contributed by atoms with van der Waals surface area (Å²) in [5.41, 5.74) is 1.82. The molecule has 0 spiro atoms. The van der Waals surface area contributed by atoms with Gasteiger partial charge in [0.15, 0.2) is 6.10 Å². The first kappa shape index (κ1) is 22.9. The lowest BCUT2D eigenvalue weighted by atomic mass is 10.1. The van der Waals surface area contributed by atoms with Gasteiger partial charge in [-0.3, -0.25) is 9.59 Å². The highest BCUT2D eigenvalue weighted by Gasteiger charge is 2.22. The van der Waals surface area contributed by atoms with Crippen LogP contribution in [0.25, 0.3) is 0 Å². The second-order valence-electron chi connectivity index (χ2n) is 7.33. The Morgan fingerprint density at radius 3 is 2.31 bits per heavy atom. The number of para-hydroxylation sites is 1. The molecule has 3 rings (SSSR count). The minimum Gasteiger partial charge on any atom is -0.497 e. The number of methoxy groups -OCH3 is 1. The molecule has 0 aliphatic heterocycles. The van der Waals surface area contributed by atoms with Crippen LogP contribution in [0.15, 0.2) is 78.9 Å². The zero-order valence-corrected chi connectivity index (χ0v) is 18.5. The van der Waals surface area contributed by atoms with Gasteiger partial charge < -0.3 is 20.1 Å². The standard InChI is InChI=1S/C26H28N2O4/c1-4-24(32-21-14-10-13-20(17-21)31-3)26(30)28-23-16-9-8-15-22(23)25(29)27-18(2)19-11-6-5-7-12-19/h5-18,24H,4H2,1-3H3,(H,27,29)(H,28,30)/t18-,24+/m0/s1. The van der Waals surface area contributed by atoms with Gasteiger partial charge in [-0.25, -0.2) is 0 Å². The fourth-order valence-corrected chi connectivity index (χ4v) is 3.26. The average Bonchev–Trinajstić information content (AvgIpc) is 2.83. The van der Waals surface area contributed by atoms with Gasteiger partial charge in [0.2, 0.25) is 0 Å². The van der Waals surface area contributed by atoms with Crippen molar-refractivity contribution in [2.75, 3.05) is 12.4 Å². The van der Waals surface area contributed by atoms with E-state index in [1.807, 2.05) is 44.2 Å². The van der Waals surface area contributed by atoms with Gasteiger partial charge in [0.25, 0.3) is 11.8 Å². The van der Waals surface area contributed by atoms with Gasteiger partial charge in [-0.1, -0.05) is 55.5 Å². The zero-order valence-electron chi connectivity index (χ0n) is 18.5. The molecule has 166 valence electrons. The Balaban J connectivity index is 1.71. The maximum Gasteiger partial charge on any atom is 0.265 e. The lowest BCUT2D eigenvalue weighted by Gasteiger charge is -2.19. The molecule has 2 atom stereocenters. The molecule has 2 amide bonds. The van der Waals surface area contributed by atoms with Crippen LogP contribution in [0.3, 0.4) is 0 Å². The molecule has 6 heteroatoms. The summed E-state index contributed by atoms with van der Waals surface area (Å²) in [4.78, 5) is 25.8. The zero-order chi connectivity index (χ0) is 22.9. The molecular weight excluding hydrogens is 404 g/mol. The maximum atomic E-state index is 12.9. The Labute approximate surface area is 188 Å². The van der Waals surface area contributed by atoms with Gasteiger partial charge in [0, 0.05) is 6.07 Å². The van der Waals surface area contributed by atoms with Crippen molar-refractivity contribution in [3.63, 3.8) is 0 Å². The first-order valence-corrected chi connectivity index (χ1v) is 10.6. The number of rotatable bonds is 9. The number of benzene rings is 3. The summed E-state index contributed by atoms with van der Waals surface area (Å²) in [5.74, 6) is 0.590. The Hall–Kier alpha value is -3.80. The molecule has 0 unspecified atom stereocenters. The Kier molecular flexibility index (Phi) is 7.86. The number of carbonyl (C=O) groups is 2. The maximum absolute atomic E-state index is 12.9. The minimum absolute atomic E-state index is 0.174. The molecule has 6 nitrogen and oxygen atoms in total. The molecular formula is C26H28N2O4. The molecule has 0 heterocycles. The minimum atomic E-state index is -0.721. The van der Waals surface area contributed by atoms with E-state index >= 15 is 0 Å². The van der Waals surface area contributed by atoms with E-state index in [1.165, 1.54) is 0 Å². The predicted octanol–water partition coefficient (Wildman–Crippen LogP) is 4.98. The fourth-order valence-electron chi connectivity index (χ4n) is 3.26. The number of hydrogen-bond acceptors (Lipinski definition) is 4. The van der Waals surface area contributed by atoms with Crippen molar-refractivity contribution in [1.82, 2.24) is 5.32 Å². The molecule has 32 heavy (non-hydrogen) atoms. The Morgan fingerprint density at radius 1 is 0.906 bits per heavy atom. The lowest BCUT2D eigenvalue weighted by Crippen LogP contribution is -2.34. The summed E-state index contributed by atoms with van der Waals surface area (Å²) < 4.78 is 11.1. The van der Waals surface area contributed by atoms with Gasteiger partial charge >= 0.3 is 0 Å². The van der Waals surface area contributed by atoms with Crippen LogP contribution in [-0.4, -0.2) is 25.0 Å². The molecule has 2 N–H and O–H groups in total. The van der Waals surface area contributed by atoms with Crippen molar-refractivity contribution >= 4 is 17.5 Å². The number of anilines is 1. The van der Waals surface area contributed by atoms with Crippen LogP contribution in [0.1, 0.15) is 42.2 Å². The average molecular weight is 433 g/mol. The largest absolute Gasteiger partial charge is 0.497 e. The van der Waals surface area contributed by atoms with Gasteiger partial charge in [-0.15, -0.1) is 0 Å². The topological polar surface area (TPSA) is 76.7 Å². The number of nitrogens with one attached hydrogen (secondary N) is 2. The summed E-state index contributed by atoms with van der Waals surface area (Å²) in [5, 5.41) is 5.83. The van der Waals surface area contributed by atoms with Crippen LogP contribution in [0.2, 0.25) is 0 Å². The van der Waals surface area contributed by atoms with Crippen molar-refractivity contribution in [2.24, 2.45) is 0 Å². The molecule has 0 radical (unpaired) electrons. The third-order valence-electron chi connectivity index (χ3n) is 5.06.